The first-order valence-corrected chi connectivity index (χ1v) is 5.81. The SMILES string of the molecule is CNC1CCC(Cc2c(F)cccc2F)C1. The normalized spacial score (nSPS) is 24.9. The summed E-state index contributed by atoms with van der Waals surface area (Å²) in [5.74, 6) is -0.412. The van der Waals surface area contributed by atoms with Gasteiger partial charge >= 0.3 is 0 Å². The molecule has 1 aliphatic carbocycles. The Bertz CT molecular complexity index is 345. The minimum Gasteiger partial charge on any atom is -0.317 e. The topological polar surface area (TPSA) is 12.0 Å². The van der Waals surface area contributed by atoms with Gasteiger partial charge in [-0.2, -0.15) is 0 Å². The Morgan fingerprint density at radius 1 is 1.25 bits per heavy atom. The second kappa shape index (κ2) is 4.91. The summed E-state index contributed by atoms with van der Waals surface area (Å²) in [6, 6.07) is 4.60. The van der Waals surface area contributed by atoms with Crippen LogP contribution in [0.25, 0.3) is 0 Å². The summed E-state index contributed by atoms with van der Waals surface area (Å²) in [6.07, 6.45) is 3.71. The van der Waals surface area contributed by atoms with E-state index in [1.807, 2.05) is 7.05 Å². The van der Waals surface area contributed by atoms with Crippen LogP contribution in [-0.4, -0.2) is 13.1 Å². The molecule has 0 radical (unpaired) electrons. The van der Waals surface area contributed by atoms with Crippen LogP contribution in [0, 0.1) is 17.6 Å². The van der Waals surface area contributed by atoms with Gasteiger partial charge in [0.25, 0.3) is 0 Å². The molecule has 0 aromatic heterocycles. The van der Waals surface area contributed by atoms with Crippen LogP contribution in [0.15, 0.2) is 18.2 Å². The van der Waals surface area contributed by atoms with E-state index >= 15 is 0 Å². The molecule has 1 aromatic carbocycles. The summed E-state index contributed by atoms with van der Waals surface area (Å²) >= 11 is 0. The van der Waals surface area contributed by atoms with E-state index < -0.39 is 11.6 Å². The van der Waals surface area contributed by atoms with Crippen molar-refractivity contribution in [3.63, 3.8) is 0 Å². The molecule has 0 saturated heterocycles. The maximum Gasteiger partial charge on any atom is 0.129 e. The first-order chi connectivity index (χ1) is 7.70. The molecule has 1 aromatic rings. The zero-order valence-electron chi connectivity index (χ0n) is 9.47. The number of benzene rings is 1. The van der Waals surface area contributed by atoms with E-state index in [2.05, 4.69) is 5.32 Å². The first kappa shape index (κ1) is 11.5. The molecule has 1 aliphatic rings. The molecule has 0 aliphatic heterocycles. The average Bonchev–Trinajstić information content (AvgIpc) is 2.71. The predicted octanol–water partition coefficient (Wildman–Crippen LogP) is 2.90. The van der Waals surface area contributed by atoms with E-state index in [0.29, 0.717) is 18.4 Å². The molecular weight excluding hydrogens is 208 g/mol. The van der Waals surface area contributed by atoms with Crippen molar-refractivity contribution in [3.8, 4) is 0 Å². The predicted molar refractivity (Wildman–Crippen MR) is 60.3 cm³/mol. The van der Waals surface area contributed by atoms with Crippen molar-refractivity contribution in [2.24, 2.45) is 5.92 Å². The van der Waals surface area contributed by atoms with Gasteiger partial charge in [-0.1, -0.05) is 6.07 Å². The van der Waals surface area contributed by atoms with Crippen molar-refractivity contribution in [3.05, 3.63) is 35.4 Å². The fourth-order valence-corrected chi connectivity index (χ4v) is 2.54. The van der Waals surface area contributed by atoms with E-state index in [4.69, 9.17) is 0 Å². The van der Waals surface area contributed by atoms with E-state index in [-0.39, 0.29) is 5.56 Å². The molecule has 1 N–H and O–H groups in total. The maximum absolute atomic E-state index is 13.4. The fraction of sp³-hybridized carbons (Fsp3) is 0.538. The molecule has 2 rings (SSSR count). The largest absolute Gasteiger partial charge is 0.317 e. The molecule has 1 fully saturated rings. The molecule has 0 heterocycles. The highest BCUT2D eigenvalue weighted by Crippen LogP contribution is 2.29. The van der Waals surface area contributed by atoms with Gasteiger partial charge in [-0.05, 0) is 50.8 Å². The zero-order valence-corrected chi connectivity index (χ0v) is 9.47. The lowest BCUT2D eigenvalue weighted by Gasteiger charge is -2.12. The lowest BCUT2D eigenvalue weighted by atomic mass is 9.97. The summed E-state index contributed by atoms with van der Waals surface area (Å²) < 4.78 is 26.9. The van der Waals surface area contributed by atoms with E-state index in [0.717, 1.165) is 19.3 Å². The van der Waals surface area contributed by atoms with Crippen LogP contribution in [-0.2, 0) is 6.42 Å². The molecular formula is C13H17F2N. The highest BCUT2D eigenvalue weighted by Gasteiger charge is 2.25. The summed E-state index contributed by atoms with van der Waals surface area (Å²) in [6.45, 7) is 0. The lowest BCUT2D eigenvalue weighted by Crippen LogP contribution is -2.21. The molecule has 2 unspecified atom stereocenters. The van der Waals surface area contributed by atoms with E-state index in [1.54, 1.807) is 0 Å². The Labute approximate surface area is 94.9 Å². The number of hydrogen-bond donors (Lipinski definition) is 1. The summed E-state index contributed by atoms with van der Waals surface area (Å²) in [7, 11) is 1.94. The van der Waals surface area contributed by atoms with Gasteiger partial charge in [0.05, 0.1) is 0 Å². The van der Waals surface area contributed by atoms with Crippen molar-refractivity contribution >= 4 is 0 Å². The van der Waals surface area contributed by atoms with Crippen LogP contribution in [0.5, 0.6) is 0 Å². The molecule has 1 saturated carbocycles. The van der Waals surface area contributed by atoms with Gasteiger partial charge < -0.3 is 5.32 Å². The molecule has 16 heavy (non-hydrogen) atoms. The summed E-state index contributed by atoms with van der Waals surface area (Å²) in [5.41, 5.74) is 0.254. The summed E-state index contributed by atoms with van der Waals surface area (Å²) in [4.78, 5) is 0. The van der Waals surface area contributed by atoms with Crippen molar-refractivity contribution < 1.29 is 8.78 Å². The smallest absolute Gasteiger partial charge is 0.129 e. The molecule has 3 heteroatoms. The molecule has 0 amide bonds. The van der Waals surface area contributed by atoms with Crippen molar-refractivity contribution in [1.82, 2.24) is 5.32 Å². The van der Waals surface area contributed by atoms with Gasteiger partial charge in [-0.15, -0.1) is 0 Å². The second-order valence-electron chi connectivity index (χ2n) is 4.57. The van der Waals surface area contributed by atoms with E-state index in [1.165, 1.54) is 18.2 Å². The van der Waals surface area contributed by atoms with Crippen LogP contribution < -0.4 is 5.32 Å². The van der Waals surface area contributed by atoms with Gasteiger partial charge in [-0.25, -0.2) is 8.78 Å². The van der Waals surface area contributed by atoms with Gasteiger partial charge in [-0.3, -0.25) is 0 Å². The Morgan fingerprint density at radius 3 is 2.50 bits per heavy atom. The molecule has 0 bridgehead atoms. The second-order valence-corrected chi connectivity index (χ2v) is 4.57. The third-order valence-electron chi connectivity index (χ3n) is 3.50. The minimum atomic E-state index is -0.409. The first-order valence-electron chi connectivity index (χ1n) is 5.81. The zero-order chi connectivity index (χ0) is 11.5. The van der Waals surface area contributed by atoms with Gasteiger partial charge in [0.2, 0.25) is 0 Å². The van der Waals surface area contributed by atoms with Crippen molar-refractivity contribution in [2.75, 3.05) is 7.05 Å². The summed E-state index contributed by atoms with van der Waals surface area (Å²) in [5, 5.41) is 3.22. The number of nitrogens with one attached hydrogen (secondary N) is 1. The third-order valence-corrected chi connectivity index (χ3v) is 3.50. The number of hydrogen-bond acceptors (Lipinski definition) is 1. The molecule has 1 nitrogen and oxygen atoms in total. The van der Waals surface area contributed by atoms with Gasteiger partial charge in [0.15, 0.2) is 0 Å². The Kier molecular flexibility index (Phi) is 3.54. The standard InChI is InChI=1S/C13H17F2N/c1-16-10-6-5-9(7-10)8-11-12(14)3-2-4-13(11)15/h2-4,9-10,16H,5-8H2,1H3. The van der Waals surface area contributed by atoms with Crippen LogP contribution in [0.2, 0.25) is 0 Å². The van der Waals surface area contributed by atoms with Crippen LogP contribution in [0.3, 0.4) is 0 Å². The fourth-order valence-electron chi connectivity index (χ4n) is 2.54. The van der Waals surface area contributed by atoms with E-state index in [9.17, 15) is 8.78 Å². The third kappa shape index (κ3) is 2.40. The Balaban J connectivity index is 2.04. The lowest BCUT2D eigenvalue weighted by molar-refractivity contribution is 0.476. The quantitative estimate of drug-likeness (QED) is 0.834. The average molecular weight is 225 g/mol. The minimum absolute atomic E-state index is 0.254. The van der Waals surface area contributed by atoms with Crippen LogP contribution in [0.1, 0.15) is 24.8 Å². The van der Waals surface area contributed by atoms with Crippen LogP contribution in [0.4, 0.5) is 8.78 Å². The monoisotopic (exact) mass is 225 g/mol. The number of rotatable bonds is 3. The maximum atomic E-state index is 13.4. The molecule has 0 spiro atoms. The van der Waals surface area contributed by atoms with Crippen molar-refractivity contribution in [2.45, 2.75) is 31.7 Å². The molecule has 88 valence electrons. The molecule has 2 atom stereocenters. The van der Waals surface area contributed by atoms with Crippen LogP contribution >= 0.6 is 0 Å². The number of halogens is 2. The Hall–Kier alpha value is -0.960. The highest BCUT2D eigenvalue weighted by atomic mass is 19.1. The van der Waals surface area contributed by atoms with Gasteiger partial charge in [0, 0.05) is 11.6 Å². The Morgan fingerprint density at radius 2 is 1.94 bits per heavy atom. The van der Waals surface area contributed by atoms with Crippen molar-refractivity contribution in [1.29, 1.82) is 0 Å². The van der Waals surface area contributed by atoms with Gasteiger partial charge in [0.1, 0.15) is 11.6 Å². The highest BCUT2D eigenvalue weighted by molar-refractivity contribution is 5.20.